The van der Waals surface area contributed by atoms with Gasteiger partial charge < -0.3 is 31.3 Å². The molecule has 3 amide bonds. The molecule has 0 aromatic heterocycles. The minimum absolute atomic E-state index is 0.126. The molecule has 0 bridgehead atoms. The lowest BCUT2D eigenvalue weighted by atomic mass is 9.89. The number of ether oxygens (including phenoxy) is 1. The molecule has 152 valence electrons. The van der Waals surface area contributed by atoms with E-state index in [4.69, 9.17) is 10.5 Å². The third-order valence-electron chi connectivity index (χ3n) is 4.35. The summed E-state index contributed by atoms with van der Waals surface area (Å²) >= 11 is 3.28. The van der Waals surface area contributed by atoms with Gasteiger partial charge in [-0.25, -0.2) is 0 Å². The number of rotatable bonds is 6. The molecule has 9 nitrogen and oxygen atoms in total. The number of carbonyl (C=O) groups is 3. The molecule has 4 atom stereocenters. The third-order valence-corrected chi connectivity index (χ3v) is 5.05. The lowest BCUT2D eigenvalue weighted by Crippen LogP contribution is -2.51. The number of hydrogen-bond donors (Lipinski definition) is 5. The van der Waals surface area contributed by atoms with E-state index < -0.39 is 42.0 Å². The predicted octanol–water partition coefficient (Wildman–Crippen LogP) is -0.402. The summed E-state index contributed by atoms with van der Waals surface area (Å²) in [6.07, 6.45) is -1.35. The molecule has 1 aliphatic carbocycles. The maximum Gasteiger partial charge on any atom is 0.253 e. The molecule has 0 saturated carbocycles. The predicted molar refractivity (Wildman–Crippen MR) is 103 cm³/mol. The van der Waals surface area contributed by atoms with E-state index in [1.807, 2.05) is 0 Å². The number of nitrogens with one attached hydrogen (secondary N) is 2. The number of nitrogens with two attached hydrogens (primary N) is 1. The fourth-order valence-corrected chi connectivity index (χ4v) is 3.09. The van der Waals surface area contributed by atoms with Crippen LogP contribution >= 0.6 is 15.9 Å². The molecular formula is C18H22BrN3O6. The first-order valence-corrected chi connectivity index (χ1v) is 9.24. The van der Waals surface area contributed by atoms with Crippen molar-refractivity contribution in [3.63, 3.8) is 0 Å². The first-order chi connectivity index (χ1) is 13.1. The van der Waals surface area contributed by atoms with Crippen LogP contribution in [-0.4, -0.2) is 59.3 Å². The van der Waals surface area contributed by atoms with Crippen LogP contribution in [0.25, 0.3) is 0 Å². The van der Waals surface area contributed by atoms with Crippen LogP contribution in [0.1, 0.15) is 23.7 Å². The number of methoxy groups -OCH3 is 1. The lowest BCUT2D eigenvalue weighted by Gasteiger charge is -2.31. The fourth-order valence-electron chi connectivity index (χ4n) is 2.66. The van der Waals surface area contributed by atoms with E-state index in [-0.39, 0.29) is 17.6 Å². The molecule has 1 aromatic carbocycles. The smallest absolute Gasteiger partial charge is 0.253 e. The second-order valence-corrected chi connectivity index (χ2v) is 7.25. The maximum absolute atomic E-state index is 12.6. The topological polar surface area (TPSA) is 151 Å². The van der Waals surface area contributed by atoms with Gasteiger partial charge in [-0.15, -0.1) is 0 Å². The molecule has 1 aromatic rings. The van der Waals surface area contributed by atoms with Crippen LogP contribution in [0, 0.1) is 0 Å². The Morgan fingerprint density at radius 3 is 2.57 bits per heavy atom. The second-order valence-electron chi connectivity index (χ2n) is 6.40. The van der Waals surface area contributed by atoms with Crippen LogP contribution in [-0.2, 0) is 9.59 Å². The average Bonchev–Trinajstić information content (AvgIpc) is 2.65. The molecule has 0 aliphatic heterocycles. The molecular weight excluding hydrogens is 434 g/mol. The minimum Gasteiger partial charge on any atom is -0.497 e. The van der Waals surface area contributed by atoms with Gasteiger partial charge in [0.25, 0.3) is 5.91 Å². The van der Waals surface area contributed by atoms with Gasteiger partial charge in [0.2, 0.25) is 11.8 Å². The summed E-state index contributed by atoms with van der Waals surface area (Å²) in [5.41, 5.74) is 5.51. The molecule has 6 N–H and O–H groups in total. The van der Waals surface area contributed by atoms with Gasteiger partial charge in [-0.3, -0.25) is 14.4 Å². The first-order valence-electron chi connectivity index (χ1n) is 8.45. The van der Waals surface area contributed by atoms with E-state index >= 15 is 0 Å². The van der Waals surface area contributed by atoms with Crippen molar-refractivity contribution < 1.29 is 29.3 Å². The minimum atomic E-state index is -1.31. The summed E-state index contributed by atoms with van der Waals surface area (Å²) in [5, 5.41) is 25.3. The molecule has 1 aliphatic rings. The molecule has 0 heterocycles. The normalized spacial score (nSPS) is 22.6. The van der Waals surface area contributed by atoms with Gasteiger partial charge in [-0.2, -0.15) is 0 Å². The van der Waals surface area contributed by atoms with Crippen LogP contribution in [0.4, 0.5) is 0 Å². The highest BCUT2D eigenvalue weighted by Gasteiger charge is 2.34. The Hall–Kier alpha value is -2.43. The van der Waals surface area contributed by atoms with E-state index in [1.165, 1.54) is 26.2 Å². The summed E-state index contributed by atoms with van der Waals surface area (Å²) in [4.78, 5) is 36.0. The van der Waals surface area contributed by atoms with Crippen LogP contribution in [0.5, 0.6) is 5.75 Å². The average molecular weight is 456 g/mol. The number of benzene rings is 1. The lowest BCUT2D eigenvalue weighted by molar-refractivity contribution is -0.125. The fraction of sp³-hybridized carbons (Fsp3) is 0.389. The van der Waals surface area contributed by atoms with Gasteiger partial charge in [-0.1, -0.05) is 6.08 Å². The van der Waals surface area contributed by atoms with E-state index in [9.17, 15) is 24.6 Å². The van der Waals surface area contributed by atoms with Crippen LogP contribution in [0.2, 0.25) is 0 Å². The molecule has 28 heavy (non-hydrogen) atoms. The zero-order valence-electron chi connectivity index (χ0n) is 15.3. The van der Waals surface area contributed by atoms with E-state index in [2.05, 4.69) is 26.6 Å². The Labute approximate surface area is 170 Å². The van der Waals surface area contributed by atoms with Crippen molar-refractivity contribution in [3.8, 4) is 5.75 Å². The summed E-state index contributed by atoms with van der Waals surface area (Å²) in [7, 11) is 1.47. The van der Waals surface area contributed by atoms with E-state index in [0.29, 0.717) is 10.2 Å². The van der Waals surface area contributed by atoms with Crippen LogP contribution in [0.15, 0.2) is 34.3 Å². The zero-order valence-corrected chi connectivity index (χ0v) is 16.9. The van der Waals surface area contributed by atoms with E-state index in [1.54, 1.807) is 12.1 Å². The summed E-state index contributed by atoms with van der Waals surface area (Å²) in [6.45, 7) is 1.43. The summed E-state index contributed by atoms with van der Waals surface area (Å²) in [5.74, 6) is -1.39. The number of aliphatic hydroxyl groups excluding tert-OH is 2. The number of amides is 3. The van der Waals surface area contributed by atoms with E-state index in [0.717, 1.165) is 0 Å². The molecule has 0 radical (unpaired) electrons. The monoisotopic (exact) mass is 455 g/mol. The SMILES string of the molecule is COc1ccc(Br)c(C(=O)N[C@@H]2C=C(C(=O)N[C@H](C)C(N)=O)C[C@@H](O)[C@@H]2O)c1. The highest BCUT2D eigenvalue weighted by atomic mass is 79.9. The van der Waals surface area contributed by atoms with Gasteiger partial charge >= 0.3 is 0 Å². The molecule has 2 rings (SSSR count). The van der Waals surface area contributed by atoms with Crippen molar-refractivity contribution in [1.29, 1.82) is 0 Å². The molecule has 0 unspecified atom stereocenters. The quantitative estimate of drug-likeness (QED) is 0.393. The van der Waals surface area contributed by atoms with Crippen molar-refractivity contribution >= 4 is 33.7 Å². The molecule has 0 spiro atoms. The van der Waals surface area contributed by atoms with Crippen molar-refractivity contribution in [2.45, 2.75) is 37.6 Å². The highest BCUT2D eigenvalue weighted by molar-refractivity contribution is 9.10. The number of primary amides is 1. The van der Waals surface area contributed by atoms with Crippen molar-refractivity contribution in [2.75, 3.05) is 7.11 Å². The second kappa shape index (κ2) is 9.18. The van der Waals surface area contributed by atoms with Gasteiger partial charge in [0, 0.05) is 16.5 Å². The van der Waals surface area contributed by atoms with Gasteiger partial charge in [-0.05, 0) is 41.1 Å². The molecule has 0 saturated heterocycles. The Morgan fingerprint density at radius 2 is 1.96 bits per heavy atom. The number of halogens is 1. The molecule has 0 fully saturated rings. The highest BCUT2D eigenvalue weighted by Crippen LogP contribution is 2.24. The Balaban J connectivity index is 2.21. The molecule has 10 heteroatoms. The van der Waals surface area contributed by atoms with Crippen LogP contribution < -0.4 is 21.1 Å². The van der Waals surface area contributed by atoms with Crippen molar-refractivity contribution in [3.05, 3.63) is 39.9 Å². The maximum atomic E-state index is 12.6. The Morgan fingerprint density at radius 1 is 1.29 bits per heavy atom. The van der Waals surface area contributed by atoms with Gasteiger partial charge in [0.05, 0.1) is 24.8 Å². The Bertz CT molecular complexity index is 813. The van der Waals surface area contributed by atoms with Crippen LogP contribution in [0.3, 0.4) is 0 Å². The number of hydrogen-bond acceptors (Lipinski definition) is 6. The largest absolute Gasteiger partial charge is 0.497 e. The Kier molecular flexibility index (Phi) is 7.17. The zero-order chi connectivity index (χ0) is 21.0. The standard InChI is InChI=1S/C18H22BrN3O6/c1-8(16(20)25)21-17(26)9-5-13(15(24)14(23)6-9)22-18(27)11-7-10(28-2)3-4-12(11)19/h3-5,7-8,13-15,23-24H,6H2,1-2H3,(H2,20,25)(H,21,26)(H,22,27)/t8-,13-,14-,15-/m1/s1. The third kappa shape index (κ3) is 5.09. The first kappa shape index (κ1) is 21.9. The summed E-state index contributed by atoms with van der Waals surface area (Å²) < 4.78 is 5.61. The summed E-state index contributed by atoms with van der Waals surface area (Å²) in [6, 6.07) is 2.90. The van der Waals surface area contributed by atoms with Gasteiger partial charge in [0.15, 0.2) is 0 Å². The number of aliphatic hydroxyl groups is 2. The van der Waals surface area contributed by atoms with Crippen molar-refractivity contribution in [1.82, 2.24) is 10.6 Å². The number of carbonyl (C=O) groups excluding carboxylic acids is 3. The van der Waals surface area contributed by atoms with Gasteiger partial charge in [0.1, 0.15) is 17.9 Å². The van der Waals surface area contributed by atoms with Crippen molar-refractivity contribution in [2.24, 2.45) is 5.73 Å².